The number of rotatable bonds is 3. The minimum absolute atomic E-state index is 0.977. The molecule has 0 bridgehead atoms. The van der Waals surface area contributed by atoms with Crippen molar-refractivity contribution in [1.82, 2.24) is 0 Å². The molecule has 0 saturated heterocycles. The highest BCUT2D eigenvalue weighted by Gasteiger charge is 2.12. The van der Waals surface area contributed by atoms with E-state index in [2.05, 4.69) is 18.7 Å². The van der Waals surface area contributed by atoms with Crippen molar-refractivity contribution in [3.63, 3.8) is 0 Å². The molecule has 0 heterocycles. The van der Waals surface area contributed by atoms with E-state index in [1.54, 1.807) is 0 Å². The van der Waals surface area contributed by atoms with Crippen LogP contribution in [0.2, 0.25) is 0 Å². The Morgan fingerprint density at radius 1 is 1.45 bits per heavy atom. The molecule has 0 aromatic heterocycles. The Morgan fingerprint density at radius 3 is 2.64 bits per heavy atom. The molecule has 62 valence electrons. The first-order valence-corrected chi connectivity index (χ1v) is 4.61. The zero-order valence-corrected chi connectivity index (χ0v) is 7.47. The fraction of sp³-hybridized carbons (Fsp3) is 0.636. The summed E-state index contributed by atoms with van der Waals surface area (Å²) in [6.45, 7) is 5.88. The molecule has 11 heavy (non-hydrogen) atoms. The minimum Gasteiger partial charge on any atom is -0.0961 e. The molecule has 0 spiro atoms. The zero-order valence-electron chi connectivity index (χ0n) is 7.47. The summed E-state index contributed by atoms with van der Waals surface area (Å²) in [5.41, 5.74) is 1.17. The van der Waals surface area contributed by atoms with Crippen molar-refractivity contribution in [2.75, 3.05) is 0 Å². The Bertz CT molecular complexity index is 147. The fourth-order valence-corrected chi connectivity index (χ4v) is 1.71. The van der Waals surface area contributed by atoms with Gasteiger partial charge in [0.1, 0.15) is 0 Å². The van der Waals surface area contributed by atoms with E-state index in [1.165, 1.54) is 37.7 Å². The molecule has 0 N–H and O–H groups in total. The van der Waals surface area contributed by atoms with Crippen LogP contribution in [0.5, 0.6) is 0 Å². The summed E-state index contributed by atoms with van der Waals surface area (Å²) < 4.78 is 0. The molecular formula is C11H18. The summed E-state index contributed by atoms with van der Waals surface area (Å²) in [6.07, 6.45) is 11.5. The van der Waals surface area contributed by atoms with E-state index >= 15 is 0 Å². The topological polar surface area (TPSA) is 0 Å². The van der Waals surface area contributed by atoms with Gasteiger partial charge in [0.25, 0.3) is 0 Å². The highest BCUT2D eigenvalue weighted by Crippen LogP contribution is 2.27. The molecular weight excluding hydrogens is 132 g/mol. The smallest absolute Gasteiger partial charge is 0.0319 e. The molecule has 0 radical (unpaired) electrons. The third kappa shape index (κ3) is 3.41. The van der Waals surface area contributed by atoms with Crippen molar-refractivity contribution in [3.8, 4) is 0 Å². The first-order valence-electron chi connectivity index (χ1n) is 4.61. The SMILES string of the molecule is C=C(C)/C=C/CC1CCCC1. The highest BCUT2D eigenvalue weighted by molar-refractivity contribution is 5.10. The Hall–Kier alpha value is -0.520. The molecule has 1 aliphatic rings. The van der Waals surface area contributed by atoms with Gasteiger partial charge in [0.15, 0.2) is 0 Å². The monoisotopic (exact) mass is 150 g/mol. The lowest BCUT2D eigenvalue weighted by atomic mass is 10.0. The molecule has 0 amide bonds. The zero-order chi connectivity index (χ0) is 8.10. The van der Waals surface area contributed by atoms with E-state index in [9.17, 15) is 0 Å². The van der Waals surface area contributed by atoms with Gasteiger partial charge in [-0.05, 0) is 19.3 Å². The molecule has 0 nitrogen and oxygen atoms in total. The molecule has 0 aliphatic heterocycles. The van der Waals surface area contributed by atoms with Crippen LogP contribution in [-0.2, 0) is 0 Å². The fourth-order valence-electron chi connectivity index (χ4n) is 1.71. The van der Waals surface area contributed by atoms with Crippen molar-refractivity contribution in [1.29, 1.82) is 0 Å². The van der Waals surface area contributed by atoms with Crippen molar-refractivity contribution in [2.45, 2.75) is 39.0 Å². The number of hydrogen-bond donors (Lipinski definition) is 0. The van der Waals surface area contributed by atoms with Gasteiger partial charge >= 0.3 is 0 Å². The van der Waals surface area contributed by atoms with Gasteiger partial charge in [-0.15, -0.1) is 0 Å². The highest BCUT2D eigenvalue weighted by atomic mass is 14.2. The van der Waals surface area contributed by atoms with E-state index in [0.29, 0.717) is 0 Å². The predicted molar refractivity (Wildman–Crippen MR) is 50.5 cm³/mol. The van der Waals surface area contributed by atoms with E-state index in [1.807, 2.05) is 6.92 Å². The summed E-state index contributed by atoms with van der Waals surface area (Å²) >= 11 is 0. The lowest BCUT2D eigenvalue weighted by Gasteiger charge is -2.02. The van der Waals surface area contributed by atoms with Gasteiger partial charge in [0.2, 0.25) is 0 Å². The van der Waals surface area contributed by atoms with Gasteiger partial charge in [-0.1, -0.05) is 50.0 Å². The second kappa shape index (κ2) is 4.38. The summed E-state index contributed by atoms with van der Waals surface area (Å²) in [5.74, 6) is 0.977. The van der Waals surface area contributed by atoms with Crippen LogP contribution in [0.3, 0.4) is 0 Å². The average Bonchev–Trinajstić information content (AvgIpc) is 2.39. The van der Waals surface area contributed by atoms with Gasteiger partial charge < -0.3 is 0 Å². The summed E-state index contributed by atoms with van der Waals surface area (Å²) in [7, 11) is 0. The first-order chi connectivity index (χ1) is 5.29. The lowest BCUT2D eigenvalue weighted by Crippen LogP contribution is -1.88. The van der Waals surface area contributed by atoms with Crippen LogP contribution in [0, 0.1) is 5.92 Å². The third-order valence-corrected chi connectivity index (χ3v) is 2.35. The largest absolute Gasteiger partial charge is 0.0961 e. The Morgan fingerprint density at radius 2 is 2.09 bits per heavy atom. The number of allylic oxidation sites excluding steroid dienone is 3. The Kier molecular flexibility index (Phi) is 3.41. The third-order valence-electron chi connectivity index (χ3n) is 2.35. The van der Waals surface area contributed by atoms with Gasteiger partial charge in [-0.2, -0.15) is 0 Å². The minimum atomic E-state index is 0.977. The molecule has 0 unspecified atom stereocenters. The molecule has 0 atom stereocenters. The number of hydrogen-bond acceptors (Lipinski definition) is 0. The first kappa shape index (κ1) is 8.58. The van der Waals surface area contributed by atoms with Crippen molar-refractivity contribution >= 4 is 0 Å². The lowest BCUT2D eigenvalue weighted by molar-refractivity contribution is 0.558. The predicted octanol–water partition coefficient (Wildman–Crippen LogP) is 3.70. The van der Waals surface area contributed by atoms with Crippen molar-refractivity contribution in [2.24, 2.45) is 5.92 Å². The van der Waals surface area contributed by atoms with Gasteiger partial charge in [-0.25, -0.2) is 0 Å². The standard InChI is InChI=1S/C11H18/c1-10(2)6-5-9-11-7-3-4-8-11/h5-6,11H,1,3-4,7-9H2,2H3/b6-5+. The normalized spacial score (nSPS) is 19.7. The summed E-state index contributed by atoms with van der Waals surface area (Å²) in [5, 5.41) is 0. The Labute approximate surface area is 70.0 Å². The van der Waals surface area contributed by atoms with Crippen molar-refractivity contribution < 1.29 is 0 Å². The molecule has 1 rings (SSSR count). The van der Waals surface area contributed by atoms with Gasteiger partial charge in [0, 0.05) is 0 Å². The maximum Gasteiger partial charge on any atom is -0.0319 e. The van der Waals surface area contributed by atoms with E-state index < -0.39 is 0 Å². The van der Waals surface area contributed by atoms with Crippen LogP contribution in [0.1, 0.15) is 39.0 Å². The van der Waals surface area contributed by atoms with E-state index in [0.717, 1.165) is 5.92 Å². The molecule has 0 aromatic carbocycles. The van der Waals surface area contributed by atoms with Crippen LogP contribution in [0.15, 0.2) is 24.3 Å². The molecule has 1 aliphatic carbocycles. The molecule has 1 fully saturated rings. The van der Waals surface area contributed by atoms with Crippen LogP contribution in [-0.4, -0.2) is 0 Å². The van der Waals surface area contributed by atoms with E-state index in [-0.39, 0.29) is 0 Å². The maximum absolute atomic E-state index is 3.83. The molecule has 1 saturated carbocycles. The second-order valence-corrected chi connectivity index (χ2v) is 3.63. The summed E-state index contributed by atoms with van der Waals surface area (Å²) in [6, 6.07) is 0. The summed E-state index contributed by atoms with van der Waals surface area (Å²) in [4.78, 5) is 0. The van der Waals surface area contributed by atoms with Crippen molar-refractivity contribution in [3.05, 3.63) is 24.3 Å². The quantitative estimate of drug-likeness (QED) is 0.538. The second-order valence-electron chi connectivity index (χ2n) is 3.63. The van der Waals surface area contributed by atoms with Crippen LogP contribution < -0.4 is 0 Å². The van der Waals surface area contributed by atoms with Gasteiger partial charge in [-0.3, -0.25) is 0 Å². The Balaban J connectivity index is 2.15. The van der Waals surface area contributed by atoms with E-state index in [4.69, 9.17) is 0 Å². The molecule has 0 heteroatoms. The average molecular weight is 150 g/mol. The molecule has 0 aromatic rings. The maximum atomic E-state index is 3.83. The van der Waals surface area contributed by atoms with Crippen LogP contribution in [0.25, 0.3) is 0 Å². The van der Waals surface area contributed by atoms with Gasteiger partial charge in [0.05, 0.1) is 0 Å². The van der Waals surface area contributed by atoms with Crippen LogP contribution in [0.4, 0.5) is 0 Å². The van der Waals surface area contributed by atoms with Crippen LogP contribution >= 0.6 is 0 Å².